The molecule has 7 heteroatoms. The van der Waals surface area contributed by atoms with Crippen molar-refractivity contribution in [2.75, 3.05) is 11.9 Å². The molecule has 2 aromatic carbocycles. The van der Waals surface area contributed by atoms with Gasteiger partial charge in [0, 0.05) is 30.4 Å². The highest BCUT2D eigenvalue weighted by atomic mass is 16.4. The first-order valence-corrected chi connectivity index (χ1v) is 9.29. The van der Waals surface area contributed by atoms with Crippen LogP contribution in [0.5, 0.6) is 0 Å². The van der Waals surface area contributed by atoms with Crippen molar-refractivity contribution in [2.45, 2.75) is 31.3 Å². The molecule has 1 fully saturated rings. The van der Waals surface area contributed by atoms with Crippen LogP contribution in [0.25, 0.3) is 0 Å². The zero-order chi connectivity index (χ0) is 19.7. The van der Waals surface area contributed by atoms with Gasteiger partial charge in [0.15, 0.2) is 0 Å². The van der Waals surface area contributed by atoms with Gasteiger partial charge in [-0.25, -0.2) is 4.79 Å². The Balaban J connectivity index is 1.52. The molecular formula is C21H21N3O4. The van der Waals surface area contributed by atoms with E-state index in [-0.39, 0.29) is 24.5 Å². The second-order valence-electron chi connectivity index (χ2n) is 7.23. The van der Waals surface area contributed by atoms with Gasteiger partial charge in [0.2, 0.25) is 0 Å². The van der Waals surface area contributed by atoms with Crippen molar-refractivity contribution in [1.82, 2.24) is 10.2 Å². The molecule has 2 aromatic rings. The van der Waals surface area contributed by atoms with Gasteiger partial charge in [-0.15, -0.1) is 0 Å². The van der Waals surface area contributed by atoms with Crippen molar-refractivity contribution in [3.05, 3.63) is 65.2 Å². The lowest BCUT2D eigenvalue weighted by Crippen LogP contribution is -2.40. The molecule has 4 rings (SSSR count). The molecule has 28 heavy (non-hydrogen) atoms. The molecule has 7 nitrogen and oxygen atoms in total. The topological polar surface area (TPSA) is 98.7 Å². The lowest BCUT2D eigenvalue weighted by atomic mass is 9.89. The molecule has 1 aliphatic carbocycles. The molecule has 1 heterocycles. The van der Waals surface area contributed by atoms with Crippen LogP contribution in [-0.2, 0) is 11.3 Å². The summed E-state index contributed by atoms with van der Waals surface area (Å²) in [7, 11) is 0. The number of rotatable bonds is 4. The molecule has 144 valence electrons. The van der Waals surface area contributed by atoms with E-state index >= 15 is 0 Å². The van der Waals surface area contributed by atoms with E-state index in [1.165, 1.54) is 0 Å². The molecule has 2 aliphatic rings. The predicted octanol–water partition coefficient (Wildman–Crippen LogP) is 2.79. The van der Waals surface area contributed by atoms with Crippen LogP contribution in [0, 0.1) is 0 Å². The summed E-state index contributed by atoms with van der Waals surface area (Å²) in [6.07, 6.45) is 1.99. The summed E-state index contributed by atoms with van der Waals surface area (Å²) < 4.78 is 0. The van der Waals surface area contributed by atoms with Crippen molar-refractivity contribution in [2.24, 2.45) is 0 Å². The van der Waals surface area contributed by atoms with Crippen LogP contribution in [0.3, 0.4) is 0 Å². The Bertz CT molecular complexity index is 939. The number of nitrogens with zero attached hydrogens (tertiary/aromatic N) is 1. The summed E-state index contributed by atoms with van der Waals surface area (Å²) in [4.78, 5) is 38.2. The molecule has 1 atom stereocenters. The number of hydrogen-bond acceptors (Lipinski definition) is 3. The minimum absolute atomic E-state index is 0.116. The van der Waals surface area contributed by atoms with Gasteiger partial charge in [-0.3, -0.25) is 9.59 Å². The molecular weight excluding hydrogens is 358 g/mol. The fourth-order valence-electron chi connectivity index (χ4n) is 3.47. The average Bonchev–Trinajstić information content (AvgIpc) is 3.50. The summed E-state index contributed by atoms with van der Waals surface area (Å²) in [6.45, 7) is 0.476. The molecule has 1 aliphatic heterocycles. The highest BCUT2D eigenvalue weighted by Crippen LogP contribution is 2.29. The number of aliphatic carboxylic acids is 1. The number of urea groups is 1. The van der Waals surface area contributed by atoms with Crippen molar-refractivity contribution in [3.63, 3.8) is 0 Å². The molecule has 0 spiro atoms. The van der Waals surface area contributed by atoms with Crippen molar-refractivity contribution >= 4 is 23.6 Å². The number of carboxylic acid groups (broad SMARTS) is 1. The normalized spacial score (nSPS) is 18.1. The lowest BCUT2D eigenvalue weighted by molar-refractivity contribution is -0.139. The number of nitrogens with one attached hydrogen (secondary N) is 2. The Morgan fingerprint density at radius 2 is 1.82 bits per heavy atom. The first-order chi connectivity index (χ1) is 13.5. The van der Waals surface area contributed by atoms with Crippen LogP contribution in [0.1, 0.15) is 40.2 Å². The number of fused-ring (bicyclic) bond motifs is 1. The van der Waals surface area contributed by atoms with E-state index in [1.54, 1.807) is 35.2 Å². The van der Waals surface area contributed by atoms with Gasteiger partial charge >= 0.3 is 12.0 Å². The average molecular weight is 379 g/mol. The number of hydrogen-bond donors (Lipinski definition) is 3. The first kappa shape index (κ1) is 18.0. The van der Waals surface area contributed by atoms with E-state index in [9.17, 15) is 19.5 Å². The Kier molecular flexibility index (Phi) is 4.73. The highest BCUT2D eigenvalue weighted by Gasteiger charge is 2.32. The molecule has 3 amide bonds. The van der Waals surface area contributed by atoms with Gasteiger partial charge in [0.05, 0.1) is 5.92 Å². The molecule has 0 radical (unpaired) electrons. The predicted molar refractivity (Wildman–Crippen MR) is 103 cm³/mol. The number of amides is 3. The Morgan fingerprint density at radius 1 is 1.04 bits per heavy atom. The summed E-state index contributed by atoms with van der Waals surface area (Å²) >= 11 is 0. The molecule has 3 N–H and O–H groups in total. The van der Waals surface area contributed by atoms with Gasteiger partial charge in [-0.1, -0.05) is 30.3 Å². The minimum Gasteiger partial charge on any atom is -0.481 e. The quantitative estimate of drug-likeness (QED) is 0.761. The van der Waals surface area contributed by atoms with Gasteiger partial charge < -0.3 is 20.6 Å². The summed E-state index contributed by atoms with van der Waals surface area (Å²) in [5, 5.41) is 15.2. The van der Waals surface area contributed by atoms with Gasteiger partial charge in [-0.05, 0) is 42.2 Å². The summed E-state index contributed by atoms with van der Waals surface area (Å²) in [5.74, 6) is -1.95. The third-order valence-corrected chi connectivity index (χ3v) is 5.06. The third-order valence-electron chi connectivity index (χ3n) is 5.06. The van der Waals surface area contributed by atoms with Crippen LogP contribution in [0.4, 0.5) is 10.5 Å². The maximum atomic E-state index is 13.0. The fourth-order valence-corrected chi connectivity index (χ4v) is 3.47. The van der Waals surface area contributed by atoms with E-state index in [0.717, 1.165) is 24.0 Å². The second kappa shape index (κ2) is 7.34. The van der Waals surface area contributed by atoms with Gasteiger partial charge in [0.25, 0.3) is 5.91 Å². The molecule has 1 saturated carbocycles. The van der Waals surface area contributed by atoms with Crippen LogP contribution in [0.15, 0.2) is 48.5 Å². The number of benzene rings is 2. The first-order valence-electron chi connectivity index (χ1n) is 9.29. The SMILES string of the molecule is O=C(Nc1cccc(C(=O)N2Cc3ccccc3C(C(=O)O)C2)c1)NC1CC1. The van der Waals surface area contributed by atoms with Crippen molar-refractivity contribution < 1.29 is 19.5 Å². The van der Waals surface area contributed by atoms with Gasteiger partial charge in [0.1, 0.15) is 0 Å². The van der Waals surface area contributed by atoms with E-state index in [2.05, 4.69) is 10.6 Å². The fraction of sp³-hybridized carbons (Fsp3) is 0.286. The maximum absolute atomic E-state index is 13.0. The number of carboxylic acids is 1. The third kappa shape index (κ3) is 3.83. The van der Waals surface area contributed by atoms with E-state index in [4.69, 9.17) is 0 Å². The number of carbonyl (C=O) groups is 3. The van der Waals surface area contributed by atoms with E-state index in [0.29, 0.717) is 17.8 Å². The molecule has 1 unspecified atom stereocenters. The Hall–Kier alpha value is -3.35. The summed E-state index contributed by atoms with van der Waals surface area (Å²) in [5.41, 5.74) is 2.53. The standard InChI is InChI=1S/C21H21N3O4/c25-19(13-5-3-6-16(10-13)23-21(28)22-15-8-9-15)24-11-14-4-1-2-7-17(14)18(12-24)20(26)27/h1-7,10,15,18H,8-9,11-12H2,(H,26,27)(H2,22,23,28). The van der Waals surface area contributed by atoms with E-state index < -0.39 is 11.9 Å². The summed E-state index contributed by atoms with van der Waals surface area (Å²) in [6, 6.07) is 14.0. The molecule has 0 saturated heterocycles. The van der Waals surface area contributed by atoms with Crippen LogP contribution < -0.4 is 10.6 Å². The smallest absolute Gasteiger partial charge is 0.319 e. The maximum Gasteiger partial charge on any atom is 0.319 e. The van der Waals surface area contributed by atoms with Crippen molar-refractivity contribution in [1.29, 1.82) is 0 Å². The van der Waals surface area contributed by atoms with Crippen molar-refractivity contribution in [3.8, 4) is 0 Å². The van der Waals surface area contributed by atoms with Gasteiger partial charge in [-0.2, -0.15) is 0 Å². The van der Waals surface area contributed by atoms with Crippen LogP contribution >= 0.6 is 0 Å². The molecule has 0 bridgehead atoms. The number of anilines is 1. The lowest BCUT2D eigenvalue weighted by Gasteiger charge is -2.33. The minimum atomic E-state index is -0.947. The zero-order valence-electron chi connectivity index (χ0n) is 15.2. The van der Waals surface area contributed by atoms with Crippen LogP contribution in [-0.4, -0.2) is 40.5 Å². The zero-order valence-corrected chi connectivity index (χ0v) is 15.2. The monoisotopic (exact) mass is 379 g/mol. The molecule has 0 aromatic heterocycles. The highest BCUT2D eigenvalue weighted by molar-refractivity contribution is 5.97. The van der Waals surface area contributed by atoms with E-state index in [1.807, 2.05) is 18.2 Å². The largest absolute Gasteiger partial charge is 0.481 e. The Morgan fingerprint density at radius 3 is 2.57 bits per heavy atom. The Labute approximate surface area is 162 Å². The second-order valence-corrected chi connectivity index (χ2v) is 7.23. The van der Waals surface area contributed by atoms with Crippen LogP contribution in [0.2, 0.25) is 0 Å². The number of carbonyl (C=O) groups excluding carboxylic acids is 2.